The average Bonchev–Trinajstić information content (AvgIpc) is 2.73. The zero-order valence-corrected chi connectivity index (χ0v) is 8.44. The van der Waals surface area contributed by atoms with Gasteiger partial charge in [-0.15, -0.1) is 0 Å². The maximum atomic E-state index is 12.9. The number of rotatable bonds is 1. The molecule has 3 rings (SSSR count). The van der Waals surface area contributed by atoms with E-state index < -0.39 is 5.95 Å². The van der Waals surface area contributed by atoms with Crippen LogP contribution in [0.5, 0.6) is 0 Å². The van der Waals surface area contributed by atoms with Crippen molar-refractivity contribution in [2.45, 2.75) is 0 Å². The van der Waals surface area contributed by atoms with Gasteiger partial charge in [0.05, 0.1) is 0 Å². The molecule has 0 saturated carbocycles. The predicted octanol–water partition coefficient (Wildman–Crippen LogP) is 3.37. The molecule has 0 atom stereocenters. The van der Waals surface area contributed by atoms with Gasteiger partial charge in [-0.3, -0.25) is 0 Å². The Kier molecular flexibility index (Phi) is 1.96. The number of H-pyrrole nitrogens is 1. The Morgan fingerprint density at radius 3 is 2.62 bits per heavy atom. The lowest BCUT2D eigenvalue weighted by Gasteiger charge is -1.98. The van der Waals surface area contributed by atoms with Crippen LogP contribution in [0.1, 0.15) is 0 Å². The lowest BCUT2D eigenvalue weighted by Crippen LogP contribution is -1.82. The highest BCUT2D eigenvalue weighted by molar-refractivity contribution is 5.93. The SMILES string of the molecule is Fc1ccc2c(-c3ccccc3)c[nH]c2n1. The zero-order valence-electron chi connectivity index (χ0n) is 8.44. The number of nitrogens with one attached hydrogen (secondary N) is 1. The van der Waals surface area contributed by atoms with Crippen LogP contribution in [-0.4, -0.2) is 9.97 Å². The van der Waals surface area contributed by atoms with Crippen LogP contribution in [0.25, 0.3) is 22.2 Å². The molecule has 3 heteroatoms. The molecule has 0 amide bonds. The second-order valence-electron chi connectivity index (χ2n) is 3.60. The van der Waals surface area contributed by atoms with Crippen LogP contribution in [0.3, 0.4) is 0 Å². The molecule has 3 aromatic rings. The molecule has 1 N–H and O–H groups in total. The van der Waals surface area contributed by atoms with Crippen molar-refractivity contribution in [1.82, 2.24) is 9.97 Å². The van der Waals surface area contributed by atoms with Crippen molar-refractivity contribution in [3.8, 4) is 11.1 Å². The van der Waals surface area contributed by atoms with Gasteiger partial charge in [0.25, 0.3) is 0 Å². The first-order valence-corrected chi connectivity index (χ1v) is 5.03. The highest BCUT2D eigenvalue weighted by Gasteiger charge is 2.06. The summed E-state index contributed by atoms with van der Waals surface area (Å²) in [5, 5.41) is 0.938. The third-order valence-electron chi connectivity index (χ3n) is 2.59. The number of halogens is 1. The van der Waals surface area contributed by atoms with Crippen LogP contribution in [0, 0.1) is 5.95 Å². The number of pyridine rings is 1. The van der Waals surface area contributed by atoms with Crippen LogP contribution in [0.2, 0.25) is 0 Å². The third-order valence-corrected chi connectivity index (χ3v) is 2.59. The van der Waals surface area contributed by atoms with E-state index in [1.807, 2.05) is 36.5 Å². The van der Waals surface area contributed by atoms with Gasteiger partial charge in [0.2, 0.25) is 5.95 Å². The van der Waals surface area contributed by atoms with Gasteiger partial charge in [0.15, 0.2) is 0 Å². The summed E-state index contributed by atoms with van der Waals surface area (Å²) in [4.78, 5) is 6.78. The molecule has 0 radical (unpaired) electrons. The minimum absolute atomic E-state index is 0.464. The predicted molar refractivity (Wildman–Crippen MR) is 61.5 cm³/mol. The second kappa shape index (κ2) is 3.45. The van der Waals surface area contributed by atoms with E-state index in [1.165, 1.54) is 6.07 Å². The first-order valence-electron chi connectivity index (χ1n) is 5.03. The van der Waals surface area contributed by atoms with Gasteiger partial charge >= 0.3 is 0 Å². The largest absolute Gasteiger partial charge is 0.345 e. The minimum Gasteiger partial charge on any atom is -0.345 e. The van der Waals surface area contributed by atoms with E-state index in [9.17, 15) is 4.39 Å². The molecule has 16 heavy (non-hydrogen) atoms. The summed E-state index contributed by atoms with van der Waals surface area (Å²) < 4.78 is 12.9. The molecule has 0 saturated heterocycles. The minimum atomic E-state index is -0.464. The van der Waals surface area contributed by atoms with Gasteiger partial charge in [0, 0.05) is 17.1 Å². The Morgan fingerprint density at radius 2 is 1.81 bits per heavy atom. The third kappa shape index (κ3) is 1.37. The smallest absolute Gasteiger partial charge is 0.214 e. The Morgan fingerprint density at radius 1 is 1.00 bits per heavy atom. The van der Waals surface area contributed by atoms with Gasteiger partial charge in [-0.2, -0.15) is 4.39 Å². The fourth-order valence-corrected chi connectivity index (χ4v) is 1.84. The van der Waals surface area contributed by atoms with Gasteiger partial charge in [-0.05, 0) is 17.7 Å². The summed E-state index contributed by atoms with van der Waals surface area (Å²) in [6.07, 6.45) is 1.85. The van der Waals surface area contributed by atoms with Crippen molar-refractivity contribution in [2.75, 3.05) is 0 Å². The maximum absolute atomic E-state index is 12.9. The fourth-order valence-electron chi connectivity index (χ4n) is 1.84. The summed E-state index contributed by atoms with van der Waals surface area (Å²) in [6.45, 7) is 0. The number of fused-ring (bicyclic) bond motifs is 1. The topological polar surface area (TPSA) is 28.7 Å². The van der Waals surface area contributed by atoms with Crippen molar-refractivity contribution >= 4 is 11.0 Å². The lowest BCUT2D eigenvalue weighted by atomic mass is 10.1. The zero-order chi connectivity index (χ0) is 11.0. The molecule has 0 aliphatic carbocycles. The molecular weight excluding hydrogens is 203 g/mol. The van der Waals surface area contributed by atoms with E-state index in [1.54, 1.807) is 6.07 Å². The average molecular weight is 212 g/mol. The lowest BCUT2D eigenvalue weighted by molar-refractivity contribution is 0.588. The molecule has 1 aromatic carbocycles. The van der Waals surface area contributed by atoms with Crippen molar-refractivity contribution < 1.29 is 4.39 Å². The Hall–Kier alpha value is -2.16. The van der Waals surface area contributed by atoms with E-state index in [4.69, 9.17) is 0 Å². The monoisotopic (exact) mass is 212 g/mol. The molecule has 78 valence electrons. The van der Waals surface area contributed by atoms with Crippen molar-refractivity contribution in [3.63, 3.8) is 0 Å². The quantitative estimate of drug-likeness (QED) is 0.615. The highest BCUT2D eigenvalue weighted by Crippen LogP contribution is 2.27. The molecule has 0 aliphatic heterocycles. The van der Waals surface area contributed by atoms with E-state index in [-0.39, 0.29) is 0 Å². The van der Waals surface area contributed by atoms with Gasteiger partial charge in [-0.1, -0.05) is 30.3 Å². The van der Waals surface area contributed by atoms with E-state index >= 15 is 0 Å². The van der Waals surface area contributed by atoms with E-state index in [0.717, 1.165) is 16.5 Å². The number of nitrogens with zero attached hydrogens (tertiary/aromatic N) is 1. The molecule has 0 spiro atoms. The van der Waals surface area contributed by atoms with Crippen molar-refractivity contribution in [3.05, 3.63) is 54.6 Å². The molecule has 0 bridgehead atoms. The Bertz CT molecular complexity index is 629. The van der Waals surface area contributed by atoms with Gasteiger partial charge < -0.3 is 4.98 Å². The van der Waals surface area contributed by atoms with E-state index in [0.29, 0.717) is 5.65 Å². The molecule has 0 fully saturated rings. The van der Waals surface area contributed by atoms with Crippen LogP contribution in [-0.2, 0) is 0 Å². The highest BCUT2D eigenvalue weighted by atomic mass is 19.1. The molecule has 2 heterocycles. The van der Waals surface area contributed by atoms with Crippen LogP contribution < -0.4 is 0 Å². The number of hydrogen-bond acceptors (Lipinski definition) is 1. The van der Waals surface area contributed by atoms with E-state index in [2.05, 4.69) is 9.97 Å². The Labute approximate surface area is 91.8 Å². The molecule has 0 aliphatic rings. The van der Waals surface area contributed by atoms with Crippen molar-refractivity contribution in [2.24, 2.45) is 0 Å². The summed E-state index contributed by atoms with van der Waals surface area (Å²) in [5.74, 6) is -0.464. The summed E-state index contributed by atoms with van der Waals surface area (Å²) in [6, 6.07) is 13.1. The molecule has 2 aromatic heterocycles. The summed E-state index contributed by atoms with van der Waals surface area (Å²) in [5.41, 5.74) is 2.73. The number of benzene rings is 1. The number of hydrogen-bond donors (Lipinski definition) is 1. The molecule has 0 unspecified atom stereocenters. The summed E-state index contributed by atoms with van der Waals surface area (Å²) in [7, 11) is 0. The Balaban J connectivity index is 2.26. The molecular formula is C13H9FN2. The number of aromatic nitrogens is 2. The maximum Gasteiger partial charge on any atom is 0.214 e. The summed E-state index contributed by atoms with van der Waals surface area (Å²) >= 11 is 0. The standard InChI is InChI=1S/C13H9FN2/c14-12-7-6-10-11(8-15-13(10)16-12)9-4-2-1-3-5-9/h1-8H,(H,15,16). The van der Waals surface area contributed by atoms with Gasteiger partial charge in [-0.25, -0.2) is 4.98 Å². The number of aromatic amines is 1. The van der Waals surface area contributed by atoms with Crippen molar-refractivity contribution in [1.29, 1.82) is 0 Å². The second-order valence-corrected chi connectivity index (χ2v) is 3.60. The fraction of sp³-hybridized carbons (Fsp3) is 0. The van der Waals surface area contributed by atoms with Crippen LogP contribution in [0.15, 0.2) is 48.7 Å². The van der Waals surface area contributed by atoms with Crippen LogP contribution >= 0.6 is 0 Å². The first kappa shape index (κ1) is 9.09. The normalized spacial score (nSPS) is 10.8. The molecule has 2 nitrogen and oxygen atoms in total. The van der Waals surface area contributed by atoms with Gasteiger partial charge in [0.1, 0.15) is 5.65 Å². The van der Waals surface area contributed by atoms with Crippen LogP contribution in [0.4, 0.5) is 4.39 Å². The first-order chi connectivity index (χ1) is 7.84.